The first-order valence-corrected chi connectivity index (χ1v) is 3.76. The average molecular weight is 156 g/mol. The minimum Gasteiger partial charge on any atom is -0.369 e. The summed E-state index contributed by atoms with van der Waals surface area (Å²) in [7, 11) is 3.68. The fraction of sp³-hybridized carbons (Fsp3) is 0.750. The summed E-state index contributed by atoms with van der Waals surface area (Å²) < 4.78 is 0. The van der Waals surface area contributed by atoms with Crippen LogP contribution >= 0.6 is 0 Å². The summed E-state index contributed by atoms with van der Waals surface area (Å²) in [4.78, 5) is 16.4. The third kappa shape index (κ3) is 7.03. The van der Waals surface area contributed by atoms with Gasteiger partial charge in [-0.1, -0.05) is 13.8 Å². The molecule has 0 radical (unpaired) electrons. The zero-order chi connectivity index (χ0) is 8.85. The quantitative estimate of drug-likeness (QED) is 0.453. The minimum absolute atomic E-state index is 0.0475. The molecule has 11 heavy (non-hydrogen) atoms. The standard InChI is InChI=1S/C8H16N2O/c1-7(2)5-8(11)9-6-10(3)4/h6-7H,5H2,1-4H3. The Hall–Kier alpha value is -0.860. The van der Waals surface area contributed by atoms with Crippen molar-refractivity contribution in [3.63, 3.8) is 0 Å². The van der Waals surface area contributed by atoms with E-state index in [1.54, 1.807) is 4.90 Å². The Kier molecular flexibility index (Phi) is 4.50. The Morgan fingerprint density at radius 3 is 2.45 bits per heavy atom. The van der Waals surface area contributed by atoms with Gasteiger partial charge < -0.3 is 4.90 Å². The van der Waals surface area contributed by atoms with Gasteiger partial charge in [0.05, 0.1) is 6.34 Å². The number of carbonyl (C=O) groups is 1. The second kappa shape index (κ2) is 4.88. The van der Waals surface area contributed by atoms with E-state index in [1.165, 1.54) is 6.34 Å². The van der Waals surface area contributed by atoms with Crippen LogP contribution in [0, 0.1) is 5.92 Å². The Morgan fingerprint density at radius 1 is 1.55 bits per heavy atom. The first-order valence-electron chi connectivity index (χ1n) is 3.76. The van der Waals surface area contributed by atoms with Crippen LogP contribution in [0.15, 0.2) is 4.99 Å². The van der Waals surface area contributed by atoms with Gasteiger partial charge in [0.1, 0.15) is 0 Å². The van der Waals surface area contributed by atoms with Crippen LogP contribution in [0.5, 0.6) is 0 Å². The third-order valence-electron chi connectivity index (χ3n) is 1.02. The van der Waals surface area contributed by atoms with E-state index in [2.05, 4.69) is 4.99 Å². The predicted octanol–water partition coefficient (Wildman–Crippen LogP) is 1.15. The topological polar surface area (TPSA) is 32.7 Å². The van der Waals surface area contributed by atoms with Crippen LogP contribution in [-0.4, -0.2) is 31.2 Å². The SMILES string of the molecule is CC(C)CC(=O)N=CN(C)C. The van der Waals surface area contributed by atoms with E-state index in [4.69, 9.17) is 0 Å². The zero-order valence-electron chi connectivity index (χ0n) is 7.66. The molecule has 0 saturated heterocycles. The van der Waals surface area contributed by atoms with Crippen LogP contribution in [0.1, 0.15) is 20.3 Å². The van der Waals surface area contributed by atoms with Crippen molar-refractivity contribution in [1.82, 2.24) is 4.90 Å². The summed E-state index contributed by atoms with van der Waals surface area (Å²) in [5.41, 5.74) is 0. The van der Waals surface area contributed by atoms with Gasteiger partial charge >= 0.3 is 0 Å². The highest BCUT2D eigenvalue weighted by Crippen LogP contribution is 1.99. The Balaban J connectivity index is 3.69. The van der Waals surface area contributed by atoms with Gasteiger partial charge in [0.15, 0.2) is 0 Å². The number of carbonyl (C=O) groups excluding carboxylic acids is 1. The second-order valence-corrected chi connectivity index (χ2v) is 3.20. The van der Waals surface area contributed by atoms with Crippen LogP contribution in [0.25, 0.3) is 0 Å². The lowest BCUT2D eigenvalue weighted by atomic mass is 10.1. The van der Waals surface area contributed by atoms with E-state index in [0.29, 0.717) is 12.3 Å². The molecule has 0 heterocycles. The van der Waals surface area contributed by atoms with Crippen molar-refractivity contribution < 1.29 is 4.79 Å². The average Bonchev–Trinajstić information content (AvgIpc) is 1.82. The van der Waals surface area contributed by atoms with E-state index in [1.807, 2.05) is 27.9 Å². The summed E-state index contributed by atoms with van der Waals surface area (Å²) in [5, 5.41) is 0. The molecular weight excluding hydrogens is 140 g/mol. The number of hydrogen-bond donors (Lipinski definition) is 0. The van der Waals surface area contributed by atoms with Crippen molar-refractivity contribution in [3.8, 4) is 0 Å². The number of hydrogen-bond acceptors (Lipinski definition) is 1. The molecule has 0 aliphatic heterocycles. The first kappa shape index (κ1) is 10.1. The van der Waals surface area contributed by atoms with Crippen LogP contribution in [-0.2, 0) is 4.79 Å². The normalized spacial score (nSPS) is 11.0. The van der Waals surface area contributed by atoms with Crippen molar-refractivity contribution in [2.24, 2.45) is 10.9 Å². The van der Waals surface area contributed by atoms with E-state index >= 15 is 0 Å². The third-order valence-corrected chi connectivity index (χ3v) is 1.02. The second-order valence-electron chi connectivity index (χ2n) is 3.20. The number of rotatable bonds is 3. The van der Waals surface area contributed by atoms with Crippen molar-refractivity contribution >= 4 is 12.2 Å². The van der Waals surface area contributed by atoms with Crippen LogP contribution in [0.2, 0.25) is 0 Å². The molecule has 0 rings (SSSR count). The summed E-state index contributed by atoms with van der Waals surface area (Å²) in [6, 6.07) is 0. The molecule has 0 unspecified atom stereocenters. The summed E-state index contributed by atoms with van der Waals surface area (Å²) in [6.45, 7) is 4.01. The molecule has 0 aromatic carbocycles. The maximum Gasteiger partial charge on any atom is 0.247 e. The molecule has 0 aliphatic carbocycles. The van der Waals surface area contributed by atoms with Crippen LogP contribution in [0.4, 0.5) is 0 Å². The van der Waals surface area contributed by atoms with Gasteiger partial charge in [-0.25, -0.2) is 4.99 Å². The fourth-order valence-electron chi connectivity index (χ4n) is 0.582. The summed E-state index contributed by atoms with van der Waals surface area (Å²) >= 11 is 0. The number of nitrogens with zero attached hydrogens (tertiary/aromatic N) is 2. The largest absolute Gasteiger partial charge is 0.369 e. The maximum absolute atomic E-state index is 10.9. The molecule has 0 spiro atoms. The van der Waals surface area contributed by atoms with Gasteiger partial charge in [-0.2, -0.15) is 0 Å². The van der Waals surface area contributed by atoms with E-state index < -0.39 is 0 Å². The molecule has 0 aromatic heterocycles. The van der Waals surface area contributed by atoms with Crippen molar-refractivity contribution in [3.05, 3.63) is 0 Å². The van der Waals surface area contributed by atoms with Gasteiger partial charge in [-0.3, -0.25) is 4.79 Å². The van der Waals surface area contributed by atoms with Gasteiger partial charge in [0.25, 0.3) is 0 Å². The maximum atomic E-state index is 10.9. The van der Waals surface area contributed by atoms with E-state index in [0.717, 1.165) is 0 Å². The Morgan fingerprint density at radius 2 is 2.09 bits per heavy atom. The first-order chi connectivity index (χ1) is 5.02. The zero-order valence-corrected chi connectivity index (χ0v) is 7.66. The van der Waals surface area contributed by atoms with Crippen molar-refractivity contribution in [2.45, 2.75) is 20.3 Å². The highest BCUT2D eigenvalue weighted by atomic mass is 16.1. The molecule has 3 nitrogen and oxygen atoms in total. The lowest BCUT2D eigenvalue weighted by Gasteiger charge is -2.02. The monoisotopic (exact) mass is 156 g/mol. The van der Waals surface area contributed by atoms with Crippen LogP contribution < -0.4 is 0 Å². The molecule has 0 fully saturated rings. The molecule has 1 amide bonds. The molecule has 0 saturated carbocycles. The highest BCUT2D eigenvalue weighted by molar-refractivity contribution is 5.84. The van der Waals surface area contributed by atoms with Gasteiger partial charge in [-0.15, -0.1) is 0 Å². The number of aliphatic imine (C=N–C) groups is 1. The summed E-state index contributed by atoms with van der Waals surface area (Å²) in [5.74, 6) is 0.343. The summed E-state index contributed by atoms with van der Waals surface area (Å²) in [6.07, 6.45) is 2.06. The Labute approximate surface area is 68.1 Å². The number of amides is 1. The lowest BCUT2D eigenvalue weighted by Crippen LogP contribution is -2.10. The fourth-order valence-corrected chi connectivity index (χ4v) is 0.582. The minimum atomic E-state index is -0.0475. The molecular formula is C8H16N2O. The predicted molar refractivity (Wildman–Crippen MR) is 46.6 cm³/mol. The Bertz CT molecular complexity index is 150. The van der Waals surface area contributed by atoms with Gasteiger partial charge in [0.2, 0.25) is 5.91 Å². The molecule has 64 valence electrons. The van der Waals surface area contributed by atoms with E-state index in [-0.39, 0.29) is 5.91 Å². The van der Waals surface area contributed by atoms with Crippen LogP contribution in [0.3, 0.4) is 0 Å². The molecule has 0 atom stereocenters. The van der Waals surface area contributed by atoms with Gasteiger partial charge in [-0.05, 0) is 5.92 Å². The lowest BCUT2D eigenvalue weighted by molar-refractivity contribution is -0.118. The highest BCUT2D eigenvalue weighted by Gasteiger charge is 2.00. The molecule has 0 aliphatic rings. The molecule has 3 heteroatoms. The van der Waals surface area contributed by atoms with Crippen molar-refractivity contribution in [1.29, 1.82) is 0 Å². The molecule has 0 N–H and O–H groups in total. The van der Waals surface area contributed by atoms with Crippen molar-refractivity contribution in [2.75, 3.05) is 14.1 Å². The van der Waals surface area contributed by atoms with E-state index in [9.17, 15) is 4.79 Å². The molecule has 0 aromatic rings. The van der Waals surface area contributed by atoms with Gasteiger partial charge in [0, 0.05) is 20.5 Å². The smallest absolute Gasteiger partial charge is 0.247 e. The molecule has 0 bridgehead atoms.